The van der Waals surface area contributed by atoms with Crippen LogP contribution in [0.2, 0.25) is 0 Å². The van der Waals surface area contributed by atoms with Crippen LogP contribution < -0.4 is 5.32 Å². The number of carbonyl (C=O) groups excluding carboxylic acids is 1. The number of nitrogens with one attached hydrogen (secondary N) is 1. The van der Waals surface area contributed by atoms with E-state index in [1.165, 1.54) is 30.0 Å². The van der Waals surface area contributed by atoms with Crippen molar-refractivity contribution >= 4 is 21.9 Å². The summed E-state index contributed by atoms with van der Waals surface area (Å²) in [7, 11) is -3.88. The number of carboxylic acids is 1. The van der Waals surface area contributed by atoms with E-state index in [1.54, 1.807) is 0 Å². The highest BCUT2D eigenvalue weighted by Crippen LogP contribution is 2.26. The standard InChI is InChI=1S/C17H24N2O6S/c20-16(18-11-12-3-1-2-4-12)13-7-9-19(10-8-13)26(23,24)15-6-5-14(25-15)17(21)22/h5-6,12-13H,1-4,7-11H2,(H,18,20)(H,21,22). The van der Waals surface area contributed by atoms with Gasteiger partial charge in [-0.15, -0.1) is 0 Å². The lowest BCUT2D eigenvalue weighted by Crippen LogP contribution is -2.43. The summed E-state index contributed by atoms with van der Waals surface area (Å²) in [5.41, 5.74) is 0. The molecule has 1 saturated carbocycles. The highest BCUT2D eigenvalue weighted by Gasteiger charge is 2.34. The van der Waals surface area contributed by atoms with Crippen molar-refractivity contribution in [3.63, 3.8) is 0 Å². The lowest BCUT2D eigenvalue weighted by Gasteiger charge is -2.30. The minimum absolute atomic E-state index is 0.000102. The van der Waals surface area contributed by atoms with Gasteiger partial charge in [0, 0.05) is 25.6 Å². The van der Waals surface area contributed by atoms with Crippen molar-refractivity contribution in [3.05, 3.63) is 17.9 Å². The van der Waals surface area contributed by atoms with Gasteiger partial charge < -0.3 is 14.8 Å². The first-order chi connectivity index (χ1) is 12.4. The molecule has 2 N–H and O–H groups in total. The van der Waals surface area contributed by atoms with Crippen LogP contribution >= 0.6 is 0 Å². The third kappa shape index (κ3) is 4.09. The normalized spacial score (nSPS) is 20.3. The number of carbonyl (C=O) groups is 2. The van der Waals surface area contributed by atoms with E-state index < -0.39 is 21.8 Å². The second-order valence-electron chi connectivity index (χ2n) is 7.00. The predicted octanol–water partition coefficient (Wildman–Crippen LogP) is 1.68. The number of carboxylic acid groups (broad SMARTS) is 1. The van der Waals surface area contributed by atoms with Crippen LogP contribution in [0.3, 0.4) is 0 Å². The Hall–Kier alpha value is -1.87. The number of furan rings is 1. The van der Waals surface area contributed by atoms with Crippen molar-refractivity contribution in [2.75, 3.05) is 19.6 Å². The van der Waals surface area contributed by atoms with Crippen LogP contribution in [0.5, 0.6) is 0 Å². The molecule has 0 unspecified atom stereocenters. The smallest absolute Gasteiger partial charge is 0.371 e. The van der Waals surface area contributed by atoms with Crippen molar-refractivity contribution in [2.45, 2.75) is 43.6 Å². The summed E-state index contributed by atoms with van der Waals surface area (Å²) >= 11 is 0. The average molecular weight is 384 g/mol. The van der Waals surface area contributed by atoms with Gasteiger partial charge in [-0.2, -0.15) is 4.31 Å². The van der Waals surface area contributed by atoms with Crippen molar-refractivity contribution < 1.29 is 27.5 Å². The molecule has 9 heteroatoms. The zero-order valence-corrected chi connectivity index (χ0v) is 15.3. The summed E-state index contributed by atoms with van der Waals surface area (Å²) in [5, 5.41) is 11.5. The quantitative estimate of drug-likeness (QED) is 0.771. The van der Waals surface area contributed by atoms with Gasteiger partial charge in [-0.1, -0.05) is 12.8 Å². The molecule has 2 fully saturated rings. The molecular formula is C17H24N2O6S. The molecule has 1 aliphatic carbocycles. The molecule has 1 aromatic rings. The summed E-state index contributed by atoms with van der Waals surface area (Å²) < 4.78 is 31.2. The summed E-state index contributed by atoms with van der Waals surface area (Å²) in [6.07, 6.45) is 5.68. The molecule has 8 nitrogen and oxygen atoms in total. The Morgan fingerprint density at radius 2 is 1.81 bits per heavy atom. The van der Waals surface area contributed by atoms with Gasteiger partial charge in [0.05, 0.1) is 0 Å². The maximum Gasteiger partial charge on any atom is 0.371 e. The minimum atomic E-state index is -3.88. The van der Waals surface area contributed by atoms with Crippen molar-refractivity contribution in [3.8, 4) is 0 Å². The molecule has 0 bridgehead atoms. The van der Waals surface area contributed by atoms with E-state index in [0.29, 0.717) is 25.3 Å². The number of rotatable bonds is 6. The Morgan fingerprint density at radius 3 is 2.38 bits per heavy atom. The predicted molar refractivity (Wildman–Crippen MR) is 92.1 cm³/mol. The van der Waals surface area contributed by atoms with Gasteiger partial charge in [-0.25, -0.2) is 13.2 Å². The largest absolute Gasteiger partial charge is 0.475 e. The lowest BCUT2D eigenvalue weighted by atomic mass is 9.97. The molecule has 1 aromatic heterocycles. The molecule has 0 atom stereocenters. The van der Waals surface area contributed by atoms with Gasteiger partial charge in [0.15, 0.2) is 0 Å². The molecule has 2 aliphatic rings. The SMILES string of the molecule is O=C(O)c1ccc(S(=O)(=O)N2CCC(C(=O)NCC3CCCC3)CC2)o1. The van der Waals surface area contributed by atoms with E-state index in [2.05, 4.69) is 5.32 Å². The van der Waals surface area contributed by atoms with Gasteiger partial charge in [0.2, 0.25) is 16.8 Å². The molecular weight excluding hydrogens is 360 g/mol. The average Bonchev–Trinajstić information content (AvgIpc) is 3.31. The Morgan fingerprint density at radius 1 is 1.15 bits per heavy atom. The highest BCUT2D eigenvalue weighted by atomic mass is 32.2. The summed E-state index contributed by atoms with van der Waals surface area (Å²) in [6.45, 7) is 1.14. The molecule has 0 radical (unpaired) electrons. The van der Waals surface area contributed by atoms with E-state index >= 15 is 0 Å². The minimum Gasteiger partial charge on any atom is -0.475 e. The summed E-state index contributed by atoms with van der Waals surface area (Å²) in [6, 6.07) is 2.28. The fraction of sp³-hybridized carbons (Fsp3) is 0.647. The lowest BCUT2D eigenvalue weighted by molar-refractivity contribution is -0.126. The van der Waals surface area contributed by atoms with Crippen molar-refractivity contribution in [1.82, 2.24) is 9.62 Å². The Kier molecular flexibility index (Phi) is 5.67. The maximum absolute atomic E-state index is 12.5. The maximum atomic E-state index is 12.5. The van der Waals surface area contributed by atoms with E-state index in [9.17, 15) is 18.0 Å². The van der Waals surface area contributed by atoms with Crippen LogP contribution in [0.4, 0.5) is 0 Å². The van der Waals surface area contributed by atoms with Gasteiger partial charge >= 0.3 is 5.97 Å². The molecule has 2 heterocycles. The second-order valence-corrected chi connectivity index (χ2v) is 8.87. The van der Waals surface area contributed by atoms with Crippen molar-refractivity contribution in [1.29, 1.82) is 0 Å². The summed E-state index contributed by atoms with van der Waals surface area (Å²) in [5.74, 6) is -1.34. The van der Waals surface area contributed by atoms with Crippen LogP contribution in [-0.4, -0.2) is 49.3 Å². The third-order valence-corrected chi connectivity index (χ3v) is 7.02. The molecule has 26 heavy (non-hydrogen) atoms. The second kappa shape index (κ2) is 7.79. The first kappa shape index (κ1) is 18.9. The van der Waals surface area contributed by atoms with Crippen molar-refractivity contribution in [2.24, 2.45) is 11.8 Å². The first-order valence-electron chi connectivity index (χ1n) is 8.99. The molecule has 1 amide bonds. The van der Waals surface area contributed by atoms with E-state index in [1.807, 2.05) is 0 Å². The number of nitrogens with zero attached hydrogens (tertiary/aromatic N) is 1. The Balaban J connectivity index is 1.53. The van der Waals surface area contributed by atoms with Gasteiger partial charge in [0.25, 0.3) is 10.0 Å². The van der Waals surface area contributed by atoms with Crippen LogP contribution in [0.1, 0.15) is 49.1 Å². The molecule has 1 saturated heterocycles. The van der Waals surface area contributed by atoms with E-state index in [0.717, 1.165) is 12.1 Å². The van der Waals surface area contributed by atoms with Gasteiger partial charge in [-0.05, 0) is 43.7 Å². The topological polar surface area (TPSA) is 117 Å². The van der Waals surface area contributed by atoms with Crippen LogP contribution in [0.25, 0.3) is 0 Å². The van der Waals surface area contributed by atoms with E-state index in [-0.39, 0.29) is 30.0 Å². The molecule has 144 valence electrons. The fourth-order valence-electron chi connectivity index (χ4n) is 3.66. The number of sulfonamides is 1. The van der Waals surface area contributed by atoms with Gasteiger partial charge in [0.1, 0.15) is 0 Å². The fourth-order valence-corrected chi connectivity index (χ4v) is 5.04. The number of amides is 1. The first-order valence-corrected chi connectivity index (χ1v) is 10.4. The monoisotopic (exact) mass is 384 g/mol. The number of aromatic carboxylic acids is 1. The number of hydrogen-bond donors (Lipinski definition) is 2. The highest BCUT2D eigenvalue weighted by molar-refractivity contribution is 7.89. The molecule has 0 aromatic carbocycles. The molecule has 1 aliphatic heterocycles. The van der Waals surface area contributed by atoms with Crippen LogP contribution in [0.15, 0.2) is 21.6 Å². The molecule has 3 rings (SSSR count). The summed E-state index contributed by atoms with van der Waals surface area (Å²) in [4.78, 5) is 23.1. The molecule has 0 spiro atoms. The van der Waals surface area contributed by atoms with Crippen LogP contribution in [0, 0.1) is 11.8 Å². The Bertz CT molecular complexity index is 758. The number of piperidine rings is 1. The Labute approximate surface area is 152 Å². The zero-order chi connectivity index (χ0) is 18.7. The zero-order valence-electron chi connectivity index (χ0n) is 14.5. The van der Waals surface area contributed by atoms with Gasteiger partial charge in [-0.3, -0.25) is 4.79 Å². The van der Waals surface area contributed by atoms with Crippen LogP contribution in [-0.2, 0) is 14.8 Å². The third-order valence-electron chi connectivity index (χ3n) is 5.25. The number of hydrogen-bond acceptors (Lipinski definition) is 5. The van der Waals surface area contributed by atoms with E-state index in [4.69, 9.17) is 9.52 Å².